The predicted octanol–water partition coefficient (Wildman–Crippen LogP) is 4.64. The topological polar surface area (TPSA) is 69.0 Å². The van der Waals surface area contributed by atoms with Gasteiger partial charge in [-0.15, -0.1) is 0 Å². The fourth-order valence-electron chi connectivity index (χ4n) is 4.02. The lowest BCUT2D eigenvalue weighted by Gasteiger charge is -2.26. The number of benzene rings is 2. The Labute approximate surface area is 201 Å². The van der Waals surface area contributed by atoms with E-state index in [2.05, 4.69) is 17.0 Å². The number of aliphatic hydroxyl groups excluding tert-OH is 1. The molecule has 0 unspecified atom stereocenters. The lowest BCUT2D eigenvalue weighted by Crippen LogP contribution is -2.36. The zero-order valence-electron chi connectivity index (χ0n) is 20.5. The second-order valence-corrected chi connectivity index (χ2v) is 9.10. The van der Waals surface area contributed by atoms with Gasteiger partial charge in [0.15, 0.2) is 0 Å². The molecule has 1 N–H and O–H groups in total. The lowest BCUT2D eigenvalue weighted by molar-refractivity contribution is -0.0107. The zero-order chi connectivity index (χ0) is 24.1. The molecule has 1 fully saturated rings. The van der Waals surface area contributed by atoms with Crippen molar-refractivity contribution >= 4 is 0 Å². The van der Waals surface area contributed by atoms with Crippen LogP contribution in [0.5, 0.6) is 17.4 Å². The molecule has 1 aliphatic rings. The van der Waals surface area contributed by atoms with E-state index < -0.39 is 6.10 Å². The normalized spacial score (nSPS) is 14.6. The molecule has 3 aromatic rings. The number of methoxy groups -OCH3 is 1. The summed E-state index contributed by atoms with van der Waals surface area (Å²) in [7, 11) is 3.55. The van der Waals surface area contributed by atoms with Crippen LogP contribution < -0.4 is 9.47 Å². The summed E-state index contributed by atoms with van der Waals surface area (Å²) in [6.07, 6.45) is 1.81. The number of aromatic nitrogens is 2. The Morgan fingerprint density at radius 1 is 1.06 bits per heavy atom. The van der Waals surface area contributed by atoms with Crippen molar-refractivity contribution < 1.29 is 19.3 Å². The summed E-state index contributed by atoms with van der Waals surface area (Å²) in [5.41, 5.74) is 2.94. The van der Waals surface area contributed by atoms with Gasteiger partial charge in [0.25, 0.3) is 0 Å². The summed E-state index contributed by atoms with van der Waals surface area (Å²) in [5, 5.41) is 15.5. The molecule has 0 aliphatic heterocycles. The van der Waals surface area contributed by atoms with Crippen LogP contribution in [0.3, 0.4) is 0 Å². The summed E-state index contributed by atoms with van der Waals surface area (Å²) in [4.78, 5) is 2.33. The van der Waals surface area contributed by atoms with Crippen LogP contribution in [0.1, 0.15) is 32.3 Å². The van der Waals surface area contributed by atoms with Crippen LogP contribution in [0.15, 0.2) is 54.6 Å². The molecule has 1 saturated carbocycles. The summed E-state index contributed by atoms with van der Waals surface area (Å²) in [5.74, 6) is 2.19. The van der Waals surface area contributed by atoms with E-state index in [1.54, 1.807) is 11.8 Å². The van der Waals surface area contributed by atoms with Crippen LogP contribution in [0.4, 0.5) is 0 Å². The molecule has 7 heteroatoms. The molecule has 0 spiro atoms. The van der Waals surface area contributed by atoms with Crippen molar-refractivity contribution in [2.24, 2.45) is 7.05 Å². The Balaban J connectivity index is 1.63. The quantitative estimate of drug-likeness (QED) is 0.420. The number of aryl methyl sites for hydroxylation is 1. The largest absolute Gasteiger partial charge is 0.497 e. The van der Waals surface area contributed by atoms with Gasteiger partial charge in [-0.1, -0.05) is 30.3 Å². The molecular weight excluding hydrogens is 430 g/mol. The minimum Gasteiger partial charge on any atom is -0.497 e. The van der Waals surface area contributed by atoms with Gasteiger partial charge in [0, 0.05) is 31.7 Å². The van der Waals surface area contributed by atoms with Gasteiger partial charge in [-0.25, -0.2) is 4.68 Å². The highest BCUT2D eigenvalue weighted by Gasteiger charge is 2.33. The third kappa shape index (κ3) is 6.17. The van der Waals surface area contributed by atoms with Crippen LogP contribution >= 0.6 is 0 Å². The first kappa shape index (κ1) is 24.3. The highest BCUT2D eigenvalue weighted by atomic mass is 16.5. The Kier molecular flexibility index (Phi) is 7.88. The summed E-state index contributed by atoms with van der Waals surface area (Å²) < 4.78 is 19.1. The maximum Gasteiger partial charge on any atom is 0.222 e. The lowest BCUT2D eigenvalue weighted by atomic mass is 10.1. The van der Waals surface area contributed by atoms with Crippen LogP contribution in [-0.4, -0.2) is 58.3 Å². The predicted molar refractivity (Wildman–Crippen MR) is 132 cm³/mol. The minimum absolute atomic E-state index is 0.0940. The van der Waals surface area contributed by atoms with Crippen molar-refractivity contribution in [3.8, 4) is 28.6 Å². The molecule has 1 heterocycles. The van der Waals surface area contributed by atoms with Crippen molar-refractivity contribution in [2.45, 2.75) is 51.5 Å². The van der Waals surface area contributed by atoms with Gasteiger partial charge < -0.3 is 19.3 Å². The first-order valence-corrected chi connectivity index (χ1v) is 11.9. The van der Waals surface area contributed by atoms with Crippen LogP contribution in [0, 0.1) is 0 Å². The van der Waals surface area contributed by atoms with E-state index in [0.29, 0.717) is 37.4 Å². The van der Waals surface area contributed by atoms with Crippen molar-refractivity contribution in [1.82, 2.24) is 14.7 Å². The average Bonchev–Trinajstić information content (AvgIpc) is 3.65. The van der Waals surface area contributed by atoms with E-state index in [4.69, 9.17) is 19.3 Å². The first-order valence-electron chi connectivity index (χ1n) is 11.9. The molecular formula is C27H35N3O4. The molecule has 182 valence electrons. The van der Waals surface area contributed by atoms with E-state index >= 15 is 0 Å². The minimum atomic E-state index is -0.550. The second kappa shape index (κ2) is 11.0. The van der Waals surface area contributed by atoms with Crippen molar-refractivity contribution in [1.29, 1.82) is 0 Å². The van der Waals surface area contributed by atoms with Gasteiger partial charge in [0.2, 0.25) is 5.88 Å². The summed E-state index contributed by atoms with van der Waals surface area (Å²) in [6, 6.07) is 18.2. The van der Waals surface area contributed by atoms with Crippen LogP contribution in [0.2, 0.25) is 0 Å². The number of ether oxygens (including phenoxy) is 3. The van der Waals surface area contributed by atoms with E-state index in [0.717, 1.165) is 35.4 Å². The Bertz CT molecular complexity index is 1050. The molecule has 0 bridgehead atoms. The molecule has 0 amide bonds. The highest BCUT2D eigenvalue weighted by Crippen LogP contribution is 2.37. The third-order valence-corrected chi connectivity index (χ3v) is 5.90. The van der Waals surface area contributed by atoms with Gasteiger partial charge in [-0.05, 0) is 51.0 Å². The average molecular weight is 466 g/mol. The van der Waals surface area contributed by atoms with E-state index in [1.165, 1.54) is 0 Å². The molecule has 0 saturated heterocycles. The summed E-state index contributed by atoms with van der Waals surface area (Å²) in [6.45, 7) is 5.47. The number of hydrogen-bond donors (Lipinski definition) is 1. The van der Waals surface area contributed by atoms with E-state index in [1.807, 2.05) is 63.4 Å². The Hall–Kier alpha value is -2.87. The number of nitrogens with zero attached hydrogens (tertiary/aromatic N) is 3. The van der Waals surface area contributed by atoms with Crippen LogP contribution in [0.25, 0.3) is 11.3 Å². The summed E-state index contributed by atoms with van der Waals surface area (Å²) >= 11 is 0. The maximum absolute atomic E-state index is 10.6. The van der Waals surface area contributed by atoms with Gasteiger partial charge in [-0.3, -0.25) is 4.90 Å². The smallest absolute Gasteiger partial charge is 0.222 e. The molecule has 4 rings (SSSR count). The van der Waals surface area contributed by atoms with Crippen molar-refractivity contribution in [3.63, 3.8) is 0 Å². The van der Waals surface area contributed by atoms with E-state index in [9.17, 15) is 5.11 Å². The van der Waals surface area contributed by atoms with E-state index in [-0.39, 0.29) is 6.10 Å². The highest BCUT2D eigenvalue weighted by molar-refractivity contribution is 5.65. The standard InChI is InChI=1S/C27H35N3O4/c1-19(2)33-18-22(31)16-30(21-10-11-21)17-25-26(20-8-6-5-7-9-20)28-29(3)27(25)34-24-14-12-23(32-4)13-15-24/h5-9,12-15,19,21-22,31H,10-11,16-18H2,1-4H3/t22-/m1/s1. The maximum atomic E-state index is 10.6. The first-order chi connectivity index (χ1) is 16.4. The Morgan fingerprint density at radius 3 is 2.35 bits per heavy atom. The van der Waals surface area contributed by atoms with Gasteiger partial charge in [-0.2, -0.15) is 5.10 Å². The third-order valence-electron chi connectivity index (χ3n) is 5.90. The van der Waals surface area contributed by atoms with Gasteiger partial charge in [0.1, 0.15) is 17.2 Å². The fourth-order valence-corrected chi connectivity index (χ4v) is 4.02. The molecule has 0 radical (unpaired) electrons. The number of aliphatic hydroxyl groups is 1. The molecule has 7 nitrogen and oxygen atoms in total. The number of hydrogen-bond acceptors (Lipinski definition) is 6. The molecule has 1 aliphatic carbocycles. The van der Waals surface area contributed by atoms with Crippen molar-refractivity contribution in [2.75, 3.05) is 20.3 Å². The Morgan fingerprint density at radius 2 is 1.74 bits per heavy atom. The number of rotatable bonds is 12. The molecule has 1 aromatic heterocycles. The SMILES string of the molecule is COc1ccc(Oc2c(CN(C[C@@H](O)COC(C)C)C3CC3)c(-c3ccccc3)nn2C)cc1. The molecule has 34 heavy (non-hydrogen) atoms. The van der Waals surface area contributed by atoms with Gasteiger partial charge >= 0.3 is 0 Å². The van der Waals surface area contributed by atoms with Crippen LogP contribution in [-0.2, 0) is 18.3 Å². The molecule has 1 atom stereocenters. The fraction of sp³-hybridized carbons (Fsp3) is 0.444. The monoisotopic (exact) mass is 465 g/mol. The van der Waals surface area contributed by atoms with Gasteiger partial charge in [0.05, 0.1) is 31.5 Å². The molecule has 2 aromatic carbocycles. The second-order valence-electron chi connectivity index (χ2n) is 9.10. The zero-order valence-corrected chi connectivity index (χ0v) is 20.5. The van der Waals surface area contributed by atoms with Crippen molar-refractivity contribution in [3.05, 3.63) is 60.2 Å².